The second-order valence-electron chi connectivity index (χ2n) is 7.31. The third kappa shape index (κ3) is 3.33. The average Bonchev–Trinajstić information content (AvgIpc) is 3.29. The van der Waals surface area contributed by atoms with Crippen molar-refractivity contribution in [3.05, 3.63) is 59.4 Å². The van der Waals surface area contributed by atoms with Gasteiger partial charge in [0.15, 0.2) is 11.5 Å². The molecule has 3 aromatic heterocycles. The normalized spacial score (nSPS) is 15.0. The molecule has 9 heteroatoms. The minimum Gasteiger partial charge on any atom is -0.394 e. The number of nitrogens with zero attached hydrogens (tertiary/aromatic N) is 5. The van der Waals surface area contributed by atoms with Crippen LogP contribution in [0.25, 0.3) is 17.0 Å². The maximum absolute atomic E-state index is 13.2. The molecule has 0 radical (unpaired) electrons. The number of halogens is 1. The van der Waals surface area contributed by atoms with E-state index < -0.39 is 6.04 Å². The smallest absolute Gasteiger partial charge is 0.225 e. The molecular formula is C20H20FN7O. The number of benzene rings is 1. The van der Waals surface area contributed by atoms with Gasteiger partial charge in [0.05, 0.1) is 18.3 Å². The molecule has 1 saturated carbocycles. The van der Waals surface area contributed by atoms with Gasteiger partial charge in [0, 0.05) is 17.7 Å². The zero-order valence-corrected chi connectivity index (χ0v) is 15.8. The summed E-state index contributed by atoms with van der Waals surface area (Å²) in [5.74, 6) is 1.34. The highest BCUT2D eigenvalue weighted by Gasteiger charge is 2.26. The minimum absolute atomic E-state index is 0.185. The molecular weight excluding hydrogens is 373 g/mol. The Balaban J connectivity index is 1.50. The zero-order chi connectivity index (χ0) is 20.0. The van der Waals surface area contributed by atoms with Gasteiger partial charge in [-0.3, -0.25) is 9.67 Å². The number of imidazole rings is 1. The molecule has 0 amide bonds. The van der Waals surface area contributed by atoms with Crippen LogP contribution in [0.2, 0.25) is 0 Å². The van der Waals surface area contributed by atoms with Crippen molar-refractivity contribution in [1.82, 2.24) is 29.7 Å². The third-order valence-electron chi connectivity index (χ3n) is 5.18. The van der Waals surface area contributed by atoms with E-state index in [1.807, 2.05) is 17.6 Å². The first kappa shape index (κ1) is 17.7. The monoisotopic (exact) mass is 393 g/mol. The van der Waals surface area contributed by atoms with E-state index in [-0.39, 0.29) is 12.4 Å². The summed E-state index contributed by atoms with van der Waals surface area (Å²) in [6.07, 6.45) is 4.06. The van der Waals surface area contributed by atoms with Crippen molar-refractivity contribution in [3.8, 4) is 5.82 Å². The summed E-state index contributed by atoms with van der Waals surface area (Å²) in [7, 11) is 0. The van der Waals surface area contributed by atoms with Gasteiger partial charge < -0.3 is 10.4 Å². The van der Waals surface area contributed by atoms with Crippen LogP contribution in [0.3, 0.4) is 0 Å². The van der Waals surface area contributed by atoms with Gasteiger partial charge in [-0.15, -0.1) is 0 Å². The maximum atomic E-state index is 13.2. The Morgan fingerprint density at radius 3 is 2.79 bits per heavy atom. The first-order valence-corrected chi connectivity index (χ1v) is 9.52. The number of fused-ring (bicyclic) bond motifs is 1. The lowest BCUT2D eigenvalue weighted by Crippen LogP contribution is -2.17. The summed E-state index contributed by atoms with van der Waals surface area (Å²) < 4.78 is 15.0. The largest absolute Gasteiger partial charge is 0.394 e. The summed E-state index contributed by atoms with van der Waals surface area (Å²) in [4.78, 5) is 13.5. The van der Waals surface area contributed by atoms with Crippen molar-refractivity contribution in [2.75, 3.05) is 11.9 Å². The molecule has 29 heavy (non-hydrogen) atoms. The first-order chi connectivity index (χ1) is 14.1. The first-order valence-electron chi connectivity index (χ1n) is 9.52. The number of H-pyrrole nitrogens is 1. The van der Waals surface area contributed by atoms with Crippen molar-refractivity contribution in [2.24, 2.45) is 0 Å². The summed E-state index contributed by atoms with van der Waals surface area (Å²) in [6, 6.07) is 7.54. The maximum Gasteiger partial charge on any atom is 0.225 e. The molecule has 1 atom stereocenters. The highest BCUT2D eigenvalue weighted by molar-refractivity contribution is 5.76. The Morgan fingerprint density at radius 1 is 1.28 bits per heavy atom. The predicted octanol–water partition coefficient (Wildman–Crippen LogP) is 3.01. The Kier molecular flexibility index (Phi) is 4.24. The van der Waals surface area contributed by atoms with E-state index in [9.17, 15) is 9.50 Å². The Hall–Kier alpha value is -3.33. The average molecular weight is 393 g/mol. The molecule has 0 bridgehead atoms. The van der Waals surface area contributed by atoms with Crippen LogP contribution in [0.5, 0.6) is 0 Å². The van der Waals surface area contributed by atoms with E-state index in [0.717, 1.165) is 17.1 Å². The van der Waals surface area contributed by atoms with Crippen molar-refractivity contribution < 1.29 is 9.50 Å². The van der Waals surface area contributed by atoms with E-state index >= 15 is 0 Å². The molecule has 8 nitrogen and oxygen atoms in total. The zero-order valence-electron chi connectivity index (χ0n) is 15.8. The van der Waals surface area contributed by atoms with Crippen LogP contribution >= 0.6 is 0 Å². The van der Waals surface area contributed by atoms with Crippen molar-refractivity contribution in [3.63, 3.8) is 0 Å². The van der Waals surface area contributed by atoms with E-state index in [1.54, 1.807) is 18.5 Å². The summed E-state index contributed by atoms with van der Waals surface area (Å²) in [5.41, 5.74) is 3.90. The van der Waals surface area contributed by atoms with Gasteiger partial charge in [-0.2, -0.15) is 10.1 Å². The number of aromatic nitrogens is 6. The fraction of sp³-hybridized carbons (Fsp3) is 0.300. The minimum atomic E-state index is -0.462. The number of rotatable bonds is 6. The second-order valence-corrected chi connectivity index (χ2v) is 7.31. The van der Waals surface area contributed by atoms with E-state index in [1.165, 1.54) is 25.0 Å². The summed E-state index contributed by atoms with van der Waals surface area (Å²) in [5, 5.41) is 20.4. The van der Waals surface area contributed by atoms with Gasteiger partial charge in [0.2, 0.25) is 5.95 Å². The lowest BCUT2D eigenvalue weighted by Gasteiger charge is -2.17. The molecule has 5 rings (SSSR count). The number of aromatic amines is 1. The molecule has 148 valence electrons. The van der Waals surface area contributed by atoms with E-state index in [0.29, 0.717) is 28.7 Å². The Labute approximate surface area is 165 Å². The van der Waals surface area contributed by atoms with Crippen LogP contribution in [0.4, 0.5) is 10.3 Å². The molecule has 0 saturated heterocycles. The molecule has 1 aromatic carbocycles. The fourth-order valence-corrected chi connectivity index (χ4v) is 3.41. The quantitative estimate of drug-likeness (QED) is 0.465. The lowest BCUT2D eigenvalue weighted by molar-refractivity contribution is 0.276. The molecule has 4 aromatic rings. The number of aliphatic hydroxyl groups is 1. The molecule has 0 unspecified atom stereocenters. The predicted molar refractivity (Wildman–Crippen MR) is 105 cm³/mol. The fourth-order valence-electron chi connectivity index (χ4n) is 3.41. The van der Waals surface area contributed by atoms with Gasteiger partial charge in [0.25, 0.3) is 0 Å². The third-order valence-corrected chi connectivity index (χ3v) is 5.18. The van der Waals surface area contributed by atoms with Crippen LogP contribution < -0.4 is 5.32 Å². The summed E-state index contributed by atoms with van der Waals surface area (Å²) in [6.45, 7) is 1.67. The standard InChI is InChI=1S/C20H20FN7O/c1-11-18-19(28(10-22-18)17-8-15(26-27-17)12-2-3-12)25-20(23-11)24-16(9-29)13-4-6-14(21)7-5-13/h4-8,10,12,16,29H,2-3,9H2,1H3,(H,26,27)(H,23,24,25)/t16-/m0/s1. The van der Waals surface area contributed by atoms with Crippen molar-refractivity contribution in [2.45, 2.75) is 31.7 Å². The van der Waals surface area contributed by atoms with Gasteiger partial charge in [-0.25, -0.2) is 14.4 Å². The number of hydrogen-bond donors (Lipinski definition) is 3. The second kappa shape index (κ2) is 6.93. The van der Waals surface area contributed by atoms with E-state index in [4.69, 9.17) is 0 Å². The molecule has 3 N–H and O–H groups in total. The Bertz CT molecular complexity index is 1160. The highest BCUT2D eigenvalue weighted by Crippen LogP contribution is 2.39. The van der Waals surface area contributed by atoms with E-state index in [2.05, 4.69) is 30.5 Å². The lowest BCUT2D eigenvalue weighted by atomic mass is 10.1. The SMILES string of the molecule is Cc1nc(N[C@@H](CO)c2ccc(F)cc2)nc2c1ncn2-c1cc(C2CC2)[nH]n1. The topological polar surface area (TPSA) is 105 Å². The van der Waals surface area contributed by atoms with Gasteiger partial charge in [-0.05, 0) is 37.5 Å². The Morgan fingerprint density at radius 2 is 2.07 bits per heavy atom. The molecule has 1 aliphatic carbocycles. The van der Waals surface area contributed by atoms with Gasteiger partial charge in [-0.1, -0.05) is 12.1 Å². The van der Waals surface area contributed by atoms with Gasteiger partial charge >= 0.3 is 0 Å². The van der Waals surface area contributed by atoms with Gasteiger partial charge in [0.1, 0.15) is 17.7 Å². The van der Waals surface area contributed by atoms with Crippen molar-refractivity contribution in [1.29, 1.82) is 0 Å². The molecule has 3 heterocycles. The number of hydrogen-bond acceptors (Lipinski definition) is 6. The molecule has 1 aliphatic rings. The van der Waals surface area contributed by atoms with Crippen LogP contribution in [0.1, 0.15) is 41.8 Å². The number of nitrogens with one attached hydrogen (secondary N) is 2. The number of anilines is 1. The van der Waals surface area contributed by atoms with Crippen LogP contribution in [0.15, 0.2) is 36.7 Å². The summed E-state index contributed by atoms with van der Waals surface area (Å²) >= 11 is 0. The van der Waals surface area contributed by atoms with Crippen LogP contribution in [-0.4, -0.2) is 41.4 Å². The van der Waals surface area contributed by atoms with Crippen LogP contribution in [-0.2, 0) is 0 Å². The molecule has 0 spiro atoms. The molecule has 1 fully saturated rings. The highest BCUT2D eigenvalue weighted by atomic mass is 19.1. The number of aliphatic hydroxyl groups excluding tert-OH is 1. The van der Waals surface area contributed by atoms with Crippen molar-refractivity contribution >= 4 is 17.1 Å². The van der Waals surface area contributed by atoms with Crippen LogP contribution in [0, 0.1) is 12.7 Å². The molecule has 0 aliphatic heterocycles. The number of aryl methyl sites for hydroxylation is 1.